The average molecular weight is 216 g/mol. The summed E-state index contributed by atoms with van der Waals surface area (Å²) in [6.45, 7) is 4.31. The zero-order valence-corrected chi connectivity index (χ0v) is 9.01. The van der Waals surface area contributed by atoms with Crippen LogP contribution in [-0.4, -0.2) is 11.7 Å². The molecule has 0 atom stereocenters. The Kier molecular flexibility index (Phi) is 3.37. The van der Waals surface area contributed by atoms with Gasteiger partial charge in [-0.05, 0) is 17.7 Å². The van der Waals surface area contributed by atoms with Crippen molar-refractivity contribution >= 4 is 11.6 Å². The summed E-state index contributed by atoms with van der Waals surface area (Å²) in [6, 6.07) is 4.88. The van der Waals surface area contributed by atoms with Crippen LogP contribution in [0.25, 0.3) is 0 Å². The van der Waals surface area contributed by atoms with Gasteiger partial charge < -0.3 is 9.94 Å². The fourth-order valence-corrected chi connectivity index (χ4v) is 1.77. The fourth-order valence-electron chi connectivity index (χ4n) is 1.34. The van der Waals surface area contributed by atoms with Crippen LogP contribution in [0.2, 0.25) is 5.02 Å². The molecule has 1 aromatic rings. The molecule has 4 heteroatoms. The third-order valence-electron chi connectivity index (χ3n) is 2.13. The molecule has 0 saturated heterocycles. The number of hydrogen-bond acceptors (Lipinski definition) is 3. The van der Waals surface area contributed by atoms with Gasteiger partial charge in [0.1, 0.15) is 5.75 Å². The van der Waals surface area contributed by atoms with Gasteiger partial charge >= 0.3 is 0 Å². The second kappa shape index (κ2) is 4.17. The first kappa shape index (κ1) is 11.3. The molecular weight excluding hydrogens is 202 g/mol. The molecule has 0 amide bonds. The Balaban J connectivity index is 3.06. The minimum Gasteiger partial charge on any atom is -0.508 e. The molecule has 3 nitrogen and oxygen atoms in total. The number of nitrogens with two attached hydrogens (primary N) is 1. The number of rotatable bonds is 3. The van der Waals surface area contributed by atoms with Crippen molar-refractivity contribution in [2.75, 3.05) is 6.61 Å². The second-order valence-electron chi connectivity index (χ2n) is 3.86. The second-order valence-corrected chi connectivity index (χ2v) is 4.27. The van der Waals surface area contributed by atoms with E-state index in [-0.39, 0.29) is 11.2 Å². The van der Waals surface area contributed by atoms with E-state index in [1.807, 2.05) is 13.8 Å². The molecule has 1 rings (SSSR count). The highest BCUT2D eigenvalue weighted by Crippen LogP contribution is 2.32. The van der Waals surface area contributed by atoms with Crippen molar-refractivity contribution in [3.8, 4) is 5.75 Å². The van der Waals surface area contributed by atoms with Crippen molar-refractivity contribution in [2.45, 2.75) is 19.3 Å². The van der Waals surface area contributed by atoms with E-state index in [0.29, 0.717) is 11.6 Å². The summed E-state index contributed by atoms with van der Waals surface area (Å²) in [7, 11) is 0. The number of benzene rings is 1. The third-order valence-corrected chi connectivity index (χ3v) is 2.44. The van der Waals surface area contributed by atoms with Gasteiger partial charge in [-0.1, -0.05) is 31.5 Å². The molecule has 0 aliphatic rings. The molecule has 14 heavy (non-hydrogen) atoms. The van der Waals surface area contributed by atoms with Crippen LogP contribution in [0.15, 0.2) is 18.2 Å². The third kappa shape index (κ3) is 2.38. The van der Waals surface area contributed by atoms with Crippen LogP contribution >= 0.6 is 11.6 Å². The zero-order valence-electron chi connectivity index (χ0n) is 8.25. The van der Waals surface area contributed by atoms with E-state index < -0.39 is 0 Å². The highest BCUT2D eigenvalue weighted by atomic mass is 35.5. The van der Waals surface area contributed by atoms with E-state index in [9.17, 15) is 5.11 Å². The maximum absolute atomic E-state index is 9.19. The summed E-state index contributed by atoms with van der Waals surface area (Å²) >= 11 is 5.99. The summed E-state index contributed by atoms with van der Waals surface area (Å²) in [4.78, 5) is 4.63. The highest BCUT2D eigenvalue weighted by Gasteiger charge is 2.23. The van der Waals surface area contributed by atoms with E-state index >= 15 is 0 Å². The lowest BCUT2D eigenvalue weighted by Crippen LogP contribution is -2.26. The molecule has 0 bridgehead atoms. The topological polar surface area (TPSA) is 55.5 Å². The van der Waals surface area contributed by atoms with Crippen molar-refractivity contribution in [2.24, 2.45) is 5.90 Å². The fraction of sp³-hybridized carbons (Fsp3) is 0.400. The van der Waals surface area contributed by atoms with Crippen molar-refractivity contribution in [3.63, 3.8) is 0 Å². The molecule has 0 unspecified atom stereocenters. The van der Waals surface area contributed by atoms with Crippen LogP contribution in [0.4, 0.5) is 0 Å². The molecule has 1 aromatic carbocycles. The summed E-state index contributed by atoms with van der Waals surface area (Å²) in [6.07, 6.45) is 0. The minimum absolute atomic E-state index is 0.156. The first-order chi connectivity index (χ1) is 6.47. The summed E-state index contributed by atoms with van der Waals surface area (Å²) in [5.41, 5.74) is 0.641. The van der Waals surface area contributed by atoms with Crippen LogP contribution in [0.5, 0.6) is 5.75 Å². The van der Waals surface area contributed by atoms with Gasteiger partial charge in [-0.25, -0.2) is 5.90 Å². The molecule has 0 aromatic heterocycles. The van der Waals surface area contributed by atoms with Crippen LogP contribution < -0.4 is 5.90 Å². The average Bonchev–Trinajstić information content (AvgIpc) is 2.02. The van der Waals surface area contributed by atoms with E-state index in [0.717, 1.165) is 5.56 Å². The van der Waals surface area contributed by atoms with Crippen molar-refractivity contribution in [3.05, 3.63) is 28.8 Å². The van der Waals surface area contributed by atoms with Gasteiger partial charge in [0.05, 0.1) is 6.61 Å². The Morgan fingerprint density at radius 3 is 2.64 bits per heavy atom. The Labute approximate surface area is 88.4 Å². The number of halogens is 1. The van der Waals surface area contributed by atoms with E-state index in [1.165, 1.54) is 6.07 Å². The molecule has 0 heterocycles. The lowest BCUT2D eigenvalue weighted by Gasteiger charge is -2.24. The quantitative estimate of drug-likeness (QED) is 0.761. The molecule has 0 aliphatic carbocycles. The van der Waals surface area contributed by atoms with Crippen LogP contribution in [0.1, 0.15) is 19.4 Å². The molecule has 78 valence electrons. The molecular formula is C10H14ClNO2. The van der Waals surface area contributed by atoms with E-state index in [1.54, 1.807) is 12.1 Å². The van der Waals surface area contributed by atoms with E-state index in [4.69, 9.17) is 17.5 Å². The number of hydrogen-bond donors (Lipinski definition) is 2. The Morgan fingerprint density at radius 1 is 1.50 bits per heavy atom. The van der Waals surface area contributed by atoms with Crippen LogP contribution in [0.3, 0.4) is 0 Å². The number of phenolic OH excluding ortho intramolecular Hbond substituents is 1. The lowest BCUT2D eigenvalue weighted by atomic mass is 9.85. The van der Waals surface area contributed by atoms with Gasteiger partial charge in [0.25, 0.3) is 0 Å². The largest absolute Gasteiger partial charge is 0.508 e. The van der Waals surface area contributed by atoms with Crippen LogP contribution in [-0.2, 0) is 10.3 Å². The summed E-state index contributed by atoms with van der Waals surface area (Å²) < 4.78 is 0. The van der Waals surface area contributed by atoms with E-state index in [2.05, 4.69) is 4.84 Å². The van der Waals surface area contributed by atoms with Gasteiger partial charge in [-0.3, -0.25) is 0 Å². The monoisotopic (exact) mass is 215 g/mol. The lowest BCUT2D eigenvalue weighted by molar-refractivity contribution is 0.0964. The first-order valence-corrected chi connectivity index (χ1v) is 4.66. The molecule has 3 N–H and O–H groups in total. The normalized spacial score (nSPS) is 11.7. The zero-order chi connectivity index (χ0) is 10.8. The molecule has 0 saturated carbocycles. The van der Waals surface area contributed by atoms with Crippen molar-refractivity contribution < 1.29 is 9.94 Å². The predicted octanol–water partition coefficient (Wildman–Crippen LogP) is 2.21. The maximum Gasteiger partial charge on any atom is 0.117 e. The summed E-state index contributed by atoms with van der Waals surface area (Å²) in [5.74, 6) is 5.20. The number of aromatic hydroxyl groups is 1. The SMILES string of the molecule is CC(C)(CON)c1ccc(O)cc1Cl. The predicted molar refractivity (Wildman–Crippen MR) is 56.3 cm³/mol. The molecule has 0 spiro atoms. The van der Waals surface area contributed by atoms with Gasteiger partial charge in [0.2, 0.25) is 0 Å². The van der Waals surface area contributed by atoms with Crippen LogP contribution in [0, 0.1) is 0 Å². The highest BCUT2D eigenvalue weighted by molar-refractivity contribution is 6.31. The Bertz CT molecular complexity index is 326. The van der Waals surface area contributed by atoms with Crippen molar-refractivity contribution in [1.82, 2.24) is 0 Å². The van der Waals surface area contributed by atoms with Gasteiger partial charge in [0, 0.05) is 10.4 Å². The summed E-state index contributed by atoms with van der Waals surface area (Å²) in [5, 5.41) is 9.71. The minimum atomic E-state index is -0.264. The molecule has 0 fully saturated rings. The van der Waals surface area contributed by atoms with Gasteiger partial charge in [-0.15, -0.1) is 0 Å². The first-order valence-electron chi connectivity index (χ1n) is 4.28. The molecule has 0 radical (unpaired) electrons. The Morgan fingerprint density at radius 2 is 2.14 bits per heavy atom. The number of phenols is 1. The van der Waals surface area contributed by atoms with Gasteiger partial charge in [0.15, 0.2) is 0 Å². The molecule has 0 aliphatic heterocycles. The smallest absolute Gasteiger partial charge is 0.117 e. The standard InChI is InChI=1S/C10H14ClNO2/c1-10(2,6-14-12)8-4-3-7(13)5-9(8)11/h3-5,13H,6,12H2,1-2H3. The van der Waals surface area contributed by atoms with Crippen molar-refractivity contribution in [1.29, 1.82) is 0 Å². The Hall–Kier alpha value is -0.770. The van der Waals surface area contributed by atoms with Gasteiger partial charge in [-0.2, -0.15) is 0 Å². The maximum atomic E-state index is 9.19.